The highest BCUT2D eigenvalue weighted by molar-refractivity contribution is 5.94. The van der Waals surface area contributed by atoms with Crippen molar-refractivity contribution in [1.82, 2.24) is 4.90 Å². The predicted octanol–water partition coefficient (Wildman–Crippen LogP) is 1.64. The van der Waals surface area contributed by atoms with Crippen LogP contribution in [0.3, 0.4) is 0 Å². The number of carbonyl (C=O) groups excluding carboxylic acids is 1. The number of aliphatic hydroxyl groups is 1. The summed E-state index contributed by atoms with van der Waals surface area (Å²) in [5, 5.41) is 9.94. The third-order valence-electron chi connectivity index (χ3n) is 3.81. The minimum atomic E-state index is -0.632. The van der Waals surface area contributed by atoms with Crippen LogP contribution in [0.25, 0.3) is 0 Å². The second-order valence-electron chi connectivity index (χ2n) is 5.34. The lowest BCUT2D eigenvalue weighted by Crippen LogP contribution is -2.63. The molecule has 0 aromatic heterocycles. The summed E-state index contributed by atoms with van der Waals surface area (Å²) < 4.78 is 12.9. The average Bonchev–Trinajstić information content (AvgIpc) is 2.39. The summed E-state index contributed by atoms with van der Waals surface area (Å²) in [6, 6.07) is 5.92. The molecular formula is C15H21FN2O2. The average molecular weight is 280 g/mol. The van der Waals surface area contributed by atoms with Gasteiger partial charge in [-0.25, -0.2) is 4.39 Å². The van der Waals surface area contributed by atoms with Gasteiger partial charge in [-0.3, -0.25) is 9.69 Å². The van der Waals surface area contributed by atoms with Gasteiger partial charge >= 0.3 is 0 Å². The van der Waals surface area contributed by atoms with Crippen molar-refractivity contribution >= 4 is 11.6 Å². The zero-order chi connectivity index (χ0) is 14.8. The van der Waals surface area contributed by atoms with Crippen molar-refractivity contribution < 1.29 is 14.3 Å². The van der Waals surface area contributed by atoms with Crippen molar-refractivity contribution in [2.75, 3.05) is 31.1 Å². The van der Waals surface area contributed by atoms with Crippen molar-refractivity contribution in [1.29, 1.82) is 0 Å². The first-order valence-corrected chi connectivity index (χ1v) is 6.98. The van der Waals surface area contributed by atoms with Gasteiger partial charge in [0.05, 0.1) is 12.1 Å². The van der Waals surface area contributed by atoms with Crippen molar-refractivity contribution in [2.24, 2.45) is 0 Å². The van der Waals surface area contributed by atoms with Crippen molar-refractivity contribution in [2.45, 2.75) is 25.9 Å². The van der Waals surface area contributed by atoms with Crippen LogP contribution in [-0.4, -0.2) is 47.7 Å². The van der Waals surface area contributed by atoms with E-state index in [-0.39, 0.29) is 18.3 Å². The van der Waals surface area contributed by atoms with Gasteiger partial charge in [-0.1, -0.05) is 6.92 Å². The fourth-order valence-electron chi connectivity index (χ4n) is 2.52. The third kappa shape index (κ3) is 3.16. The molecule has 1 aromatic rings. The minimum absolute atomic E-state index is 0.0303. The maximum atomic E-state index is 12.9. The van der Waals surface area contributed by atoms with E-state index in [1.165, 1.54) is 12.1 Å². The molecule has 0 spiro atoms. The molecule has 1 aliphatic rings. The molecule has 0 radical (unpaired) electrons. The molecule has 0 bridgehead atoms. The van der Waals surface area contributed by atoms with E-state index in [1.807, 2.05) is 18.7 Å². The van der Waals surface area contributed by atoms with Gasteiger partial charge in [0.25, 0.3) is 0 Å². The molecule has 0 saturated carbocycles. The summed E-state index contributed by atoms with van der Waals surface area (Å²) in [6.07, 6.45) is 0.702. The lowest BCUT2D eigenvalue weighted by molar-refractivity contribution is -0.130. The molecule has 5 heteroatoms. The van der Waals surface area contributed by atoms with E-state index >= 15 is 0 Å². The Morgan fingerprint density at radius 3 is 2.45 bits per heavy atom. The van der Waals surface area contributed by atoms with Crippen LogP contribution in [0.2, 0.25) is 0 Å². The highest BCUT2D eigenvalue weighted by Crippen LogP contribution is 2.24. The van der Waals surface area contributed by atoms with Crippen LogP contribution in [0.1, 0.15) is 20.3 Å². The Balaban J connectivity index is 1.95. The topological polar surface area (TPSA) is 43.8 Å². The highest BCUT2D eigenvalue weighted by Gasteiger charge is 2.40. The lowest BCUT2D eigenvalue weighted by Gasteiger charge is -2.46. The first-order valence-electron chi connectivity index (χ1n) is 6.98. The number of rotatable bonds is 5. The number of likely N-dealkylation sites (N-methyl/N-ethyl adjacent to an activating group) is 1. The summed E-state index contributed by atoms with van der Waals surface area (Å²) in [5.74, 6) is -0.342. The van der Waals surface area contributed by atoms with Gasteiger partial charge < -0.3 is 10.0 Å². The molecule has 1 saturated heterocycles. The SMILES string of the molecule is CCN(C(=O)CN1CC(O)(CC)C1)c1ccc(F)cc1. The van der Waals surface area contributed by atoms with Crippen LogP contribution >= 0.6 is 0 Å². The van der Waals surface area contributed by atoms with Crippen molar-refractivity contribution in [3.63, 3.8) is 0 Å². The standard InChI is InChI=1S/C15H21FN2O2/c1-3-15(20)10-17(11-15)9-14(19)18(4-2)13-7-5-12(16)6-8-13/h5-8,20H,3-4,9-11H2,1-2H3. The normalized spacial score (nSPS) is 17.6. The van der Waals surface area contributed by atoms with Gasteiger partial charge in [0.15, 0.2) is 0 Å². The molecule has 1 amide bonds. The van der Waals surface area contributed by atoms with Gasteiger partial charge in [0, 0.05) is 25.3 Å². The number of benzene rings is 1. The Bertz CT molecular complexity index is 469. The molecular weight excluding hydrogens is 259 g/mol. The quantitative estimate of drug-likeness (QED) is 0.891. The molecule has 1 heterocycles. The maximum Gasteiger partial charge on any atom is 0.241 e. The zero-order valence-electron chi connectivity index (χ0n) is 12.0. The van der Waals surface area contributed by atoms with Gasteiger partial charge in [-0.05, 0) is 37.6 Å². The molecule has 1 fully saturated rings. The van der Waals surface area contributed by atoms with E-state index in [0.717, 1.165) is 0 Å². The van der Waals surface area contributed by atoms with Crippen LogP contribution in [-0.2, 0) is 4.79 Å². The molecule has 0 aliphatic carbocycles. The molecule has 20 heavy (non-hydrogen) atoms. The van der Waals surface area contributed by atoms with Crippen LogP contribution in [0.4, 0.5) is 10.1 Å². The summed E-state index contributed by atoms with van der Waals surface area (Å²) in [4.78, 5) is 15.8. The Morgan fingerprint density at radius 2 is 1.95 bits per heavy atom. The van der Waals surface area contributed by atoms with E-state index < -0.39 is 5.60 Å². The van der Waals surface area contributed by atoms with Crippen molar-refractivity contribution in [3.8, 4) is 0 Å². The predicted molar refractivity (Wildman–Crippen MR) is 76.1 cm³/mol. The number of β-amino-alcohol motifs (C(OH)–C–C–N with tert-alkyl or cyclic N) is 1. The molecule has 2 rings (SSSR count). The molecule has 0 atom stereocenters. The van der Waals surface area contributed by atoms with E-state index in [0.29, 0.717) is 31.7 Å². The first-order chi connectivity index (χ1) is 9.47. The number of anilines is 1. The van der Waals surface area contributed by atoms with Gasteiger partial charge in [-0.15, -0.1) is 0 Å². The molecule has 4 nitrogen and oxygen atoms in total. The lowest BCUT2D eigenvalue weighted by atomic mass is 9.91. The molecule has 1 aromatic carbocycles. The Morgan fingerprint density at radius 1 is 1.35 bits per heavy atom. The number of carbonyl (C=O) groups is 1. The van der Waals surface area contributed by atoms with Crippen LogP contribution < -0.4 is 4.90 Å². The third-order valence-corrected chi connectivity index (χ3v) is 3.81. The Labute approximate surface area is 118 Å². The van der Waals surface area contributed by atoms with Crippen molar-refractivity contribution in [3.05, 3.63) is 30.1 Å². The van der Waals surface area contributed by atoms with E-state index in [4.69, 9.17) is 0 Å². The second kappa shape index (κ2) is 5.89. The maximum absolute atomic E-state index is 12.9. The van der Waals surface area contributed by atoms with Gasteiger partial charge in [0.2, 0.25) is 5.91 Å². The van der Waals surface area contributed by atoms with Crippen LogP contribution in [0, 0.1) is 5.82 Å². The van der Waals surface area contributed by atoms with Gasteiger partial charge in [0.1, 0.15) is 5.82 Å². The minimum Gasteiger partial charge on any atom is -0.387 e. The smallest absolute Gasteiger partial charge is 0.241 e. The number of likely N-dealkylation sites (tertiary alicyclic amines) is 1. The van der Waals surface area contributed by atoms with E-state index in [2.05, 4.69) is 0 Å². The molecule has 0 unspecified atom stereocenters. The highest BCUT2D eigenvalue weighted by atomic mass is 19.1. The Kier molecular flexibility index (Phi) is 4.40. The van der Waals surface area contributed by atoms with Crippen LogP contribution in [0.5, 0.6) is 0 Å². The molecule has 110 valence electrons. The number of nitrogens with zero attached hydrogens (tertiary/aromatic N) is 2. The van der Waals surface area contributed by atoms with Crippen LogP contribution in [0.15, 0.2) is 24.3 Å². The second-order valence-corrected chi connectivity index (χ2v) is 5.34. The Hall–Kier alpha value is -1.46. The summed E-state index contributed by atoms with van der Waals surface area (Å²) in [5.41, 5.74) is 0.0675. The van der Waals surface area contributed by atoms with Gasteiger partial charge in [-0.2, -0.15) is 0 Å². The molecule has 1 aliphatic heterocycles. The van der Waals surface area contributed by atoms with E-state index in [1.54, 1.807) is 17.0 Å². The summed E-state index contributed by atoms with van der Waals surface area (Å²) in [7, 11) is 0. The first kappa shape index (κ1) is 14.9. The summed E-state index contributed by atoms with van der Waals surface area (Å²) in [6.45, 7) is 5.73. The fraction of sp³-hybridized carbons (Fsp3) is 0.533. The van der Waals surface area contributed by atoms with E-state index in [9.17, 15) is 14.3 Å². The summed E-state index contributed by atoms with van der Waals surface area (Å²) >= 11 is 0. The number of hydrogen-bond donors (Lipinski definition) is 1. The number of amides is 1. The number of halogens is 1. The molecule has 1 N–H and O–H groups in total. The number of hydrogen-bond acceptors (Lipinski definition) is 3. The largest absolute Gasteiger partial charge is 0.387 e. The zero-order valence-corrected chi connectivity index (χ0v) is 12.0. The fourth-order valence-corrected chi connectivity index (χ4v) is 2.52. The monoisotopic (exact) mass is 280 g/mol.